The zero-order valence-corrected chi connectivity index (χ0v) is 15.8. The number of nitrogens with two attached hydrogens (primary N) is 1. The van der Waals surface area contributed by atoms with E-state index < -0.39 is 35.9 Å². The molecule has 1 saturated heterocycles. The van der Waals surface area contributed by atoms with Gasteiger partial charge < -0.3 is 21.1 Å². The molecule has 0 aliphatic carbocycles. The maximum Gasteiger partial charge on any atom is 0.410 e. The molecule has 2 atom stereocenters. The number of nitrogens with zero attached hydrogens (tertiary/aromatic N) is 1. The molecule has 1 aromatic rings. The maximum absolute atomic E-state index is 12.6. The lowest BCUT2D eigenvalue weighted by molar-refractivity contribution is -0.131. The highest BCUT2D eigenvalue weighted by atomic mass is 16.6. The predicted molar refractivity (Wildman–Crippen MR) is 101 cm³/mol. The first-order valence-corrected chi connectivity index (χ1v) is 9.26. The van der Waals surface area contributed by atoms with Crippen molar-refractivity contribution in [1.29, 1.82) is 0 Å². The Kier molecular flexibility index (Phi) is 7.79. The van der Waals surface area contributed by atoms with Crippen molar-refractivity contribution in [1.82, 2.24) is 15.5 Å². The number of carbonyl (C=O) groups is 4. The molecular weight excluding hydrogens is 364 g/mol. The summed E-state index contributed by atoms with van der Waals surface area (Å²) >= 11 is 0. The summed E-state index contributed by atoms with van der Waals surface area (Å²) in [4.78, 5) is 49.2. The van der Waals surface area contributed by atoms with E-state index >= 15 is 0 Å². The molecule has 0 spiro atoms. The van der Waals surface area contributed by atoms with Crippen LogP contribution in [0, 0.1) is 0 Å². The summed E-state index contributed by atoms with van der Waals surface area (Å²) in [5, 5.41) is 5.01. The number of rotatable bonds is 8. The van der Waals surface area contributed by atoms with Crippen LogP contribution >= 0.6 is 0 Å². The van der Waals surface area contributed by atoms with E-state index in [1.165, 1.54) is 4.90 Å². The molecule has 0 radical (unpaired) electrons. The van der Waals surface area contributed by atoms with E-state index in [0.29, 0.717) is 25.8 Å². The first-order valence-electron chi connectivity index (χ1n) is 9.26. The molecule has 4 N–H and O–H groups in total. The number of ether oxygens (including phenoxy) is 1. The average Bonchev–Trinajstić information content (AvgIpc) is 3.19. The van der Waals surface area contributed by atoms with Crippen LogP contribution in [0.1, 0.15) is 31.7 Å². The second-order valence-electron chi connectivity index (χ2n) is 6.55. The van der Waals surface area contributed by atoms with Gasteiger partial charge in [0.25, 0.3) is 0 Å². The van der Waals surface area contributed by atoms with E-state index in [-0.39, 0.29) is 13.2 Å². The number of primary amides is 1. The second-order valence-corrected chi connectivity index (χ2v) is 6.55. The zero-order chi connectivity index (χ0) is 20.5. The third kappa shape index (κ3) is 5.97. The number of nitrogens with one attached hydrogen (secondary N) is 2. The Balaban J connectivity index is 1.90. The molecule has 0 aromatic heterocycles. The van der Waals surface area contributed by atoms with Crippen LogP contribution in [0.2, 0.25) is 0 Å². The smallest absolute Gasteiger partial charge is 0.410 e. The van der Waals surface area contributed by atoms with E-state index in [4.69, 9.17) is 10.5 Å². The number of carbonyl (C=O) groups excluding carboxylic acids is 4. The number of hydrogen-bond donors (Lipinski definition) is 3. The van der Waals surface area contributed by atoms with Gasteiger partial charge in [-0.3, -0.25) is 19.3 Å². The van der Waals surface area contributed by atoms with Crippen molar-refractivity contribution in [3.8, 4) is 0 Å². The topological polar surface area (TPSA) is 131 Å². The molecule has 28 heavy (non-hydrogen) atoms. The largest absolute Gasteiger partial charge is 0.445 e. The van der Waals surface area contributed by atoms with Crippen LogP contribution in [0.25, 0.3) is 0 Å². The Morgan fingerprint density at radius 1 is 1.25 bits per heavy atom. The van der Waals surface area contributed by atoms with Gasteiger partial charge in [-0.2, -0.15) is 0 Å². The van der Waals surface area contributed by atoms with Crippen molar-refractivity contribution in [2.24, 2.45) is 5.73 Å². The second kappa shape index (κ2) is 10.3. The summed E-state index contributed by atoms with van der Waals surface area (Å²) in [6.07, 6.45) is 0.934. The first kappa shape index (κ1) is 21.2. The van der Waals surface area contributed by atoms with Crippen LogP contribution < -0.4 is 16.4 Å². The Bertz CT molecular complexity index is 710. The maximum atomic E-state index is 12.6. The summed E-state index contributed by atoms with van der Waals surface area (Å²) in [5.74, 6) is -1.58. The lowest BCUT2D eigenvalue weighted by Crippen LogP contribution is -2.53. The molecule has 0 unspecified atom stereocenters. The lowest BCUT2D eigenvalue weighted by Gasteiger charge is -2.25. The minimum atomic E-state index is -0.811. The number of hydrogen-bond acceptors (Lipinski definition) is 5. The van der Waals surface area contributed by atoms with Crippen LogP contribution in [0.15, 0.2) is 30.3 Å². The van der Waals surface area contributed by atoms with Gasteiger partial charge in [0.2, 0.25) is 17.7 Å². The Hall–Kier alpha value is -3.10. The van der Waals surface area contributed by atoms with Crippen molar-refractivity contribution in [2.75, 3.05) is 13.1 Å². The summed E-state index contributed by atoms with van der Waals surface area (Å²) in [7, 11) is 0. The van der Waals surface area contributed by atoms with Gasteiger partial charge in [0.05, 0.1) is 6.54 Å². The molecule has 1 aliphatic heterocycles. The fourth-order valence-electron chi connectivity index (χ4n) is 2.98. The summed E-state index contributed by atoms with van der Waals surface area (Å²) in [5.41, 5.74) is 5.86. The average molecular weight is 390 g/mol. The quantitative estimate of drug-likeness (QED) is 0.587. The summed E-state index contributed by atoms with van der Waals surface area (Å²) in [6, 6.07) is 7.76. The van der Waals surface area contributed by atoms with Crippen LogP contribution in [0.3, 0.4) is 0 Å². The van der Waals surface area contributed by atoms with Gasteiger partial charge in [-0.1, -0.05) is 37.3 Å². The molecule has 9 nitrogen and oxygen atoms in total. The van der Waals surface area contributed by atoms with Crippen LogP contribution in [0.4, 0.5) is 4.79 Å². The molecule has 152 valence electrons. The fraction of sp³-hybridized carbons (Fsp3) is 0.474. The molecule has 0 saturated carbocycles. The summed E-state index contributed by atoms with van der Waals surface area (Å²) in [6.45, 7) is 1.97. The summed E-state index contributed by atoms with van der Waals surface area (Å²) < 4.78 is 5.31. The van der Waals surface area contributed by atoms with Gasteiger partial charge in [0.15, 0.2) is 0 Å². The number of likely N-dealkylation sites (tertiary alicyclic amines) is 1. The van der Waals surface area contributed by atoms with E-state index in [9.17, 15) is 19.2 Å². The van der Waals surface area contributed by atoms with Gasteiger partial charge in [-0.05, 0) is 24.8 Å². The van der Waals surface area contributed by atoms with E-state index in [1.54, 1.807) is 6.92 Å². The van der Waals surface area contributed by atoms with Gasteiger partial charge in [0.1, 0.15) is 18.7 Å². The minimum absolute atomic E-state index is 0.123. The zero-order valence-electron chi connectivity index (χ0n) is 15.8. The highest BCUT2D eigenvalue weighted by Gasteiger charge is 2.36. The Morgan fingerprint density at radius 2 is 1.96 bits per heavy atom. The van der Waals surface area contributed by atoms with Crippen LogP contribution in [0.5, 0.6) is 0 Å². The number of amides is 4. The molecule has 4 amide bonds. The van der Waals surface area contributed by atoms with E-state index in [1.807, 2.05) is 30.3 Å². The molecule has 2 rings (SSSR count). The standard InChI is InChI=1S/C19H26N4O5/c1-2-14(17(25)21-11-16(20)24)22-18(26)15-9-6-10-23(15)19(27)28-12-13-7-4-3-5-8-13/h3-5,7-8,14-15H,2,6,9-12H2,1H3,(H2,20,24)(H,21,25)(H,22,26)/t14-,15-/m0/s1. The molecule has 0 bridgehead atoms. The van der Waals surface area contributed by atoms with Crippen molar-refractivity contribution in [3.63, 3.8) is 0 Å². The van der Waals surface area contributed by atoms with Crippen molar-refractivity contribution < 1.29 is 23.9 Å². The fourth-order valence-corrected chi connectivity index (χ4v) is 2.98. The molecular formula is C19H26N4O5. The van der Waals surface area contributed by atoms with Crippen LogP contribution in [-0.2, 0) is 25.7 Å². The highest BCUT2D eigenvalue weighted by Crippen LogP contribution is 2.19. The molecule has 9 heteroatoms. The predicted octanol–water partition coefficient (Wildman–Crippen LogP) is 0.284. The molecule has 1 aliphatic rings. The van der Waals surface area contributed by atoms with E-state index in [2.05, 4.69) is 10.6 Å². The normalized spacial score (nSPS) is 16.9. The van der Waals surface area contributed by atoms with Gasteiger partial charge >= 0.3 is 6.09 Å². The lowest BCUT2D eigenvalue weighted by atomic mass is 10.1. The first-order chi connectivity index (χ1) is 13.4. The van der Waals surface area contributed by atoms with Gasteiger partial charge in [-0.25, -0.2) is 4.79 Å². The SMILES string of the molecule is CC[C@H](NC(=O)[C@@H]1CCCN1C(=O)OCc1ccccc1)C(=O)NCC(N)=O. The third-order valence-corrected chi connectivity index (χ3v) is 4.47. The molecule has 1 aromatic carbocycles. The Labute approximate surface area is 163 Å². The van der Waals surface area contributed by atoms with Crippen molar-refractivity contribution >= 4 is 23.8 Å². The molecule has 1 heterocycles. The van der Waals surface area contributed by atoms with Gasteiger partial charge in [0, 0.05) is 6.54 Å². The minimum Gasteiger partial charge on any atom is -0.445 e. The van der Waals surface area contributed by atoms with Crippen molar-refractivity contribution in [2.45, 2.75) is 44.9 Å². The third-order valence-electron chi connectivity index (χ3n) is 4.47. The molecule has 1 fully saturated rings. The van der Waals surface area contributed by atoms with Crippen LogP contribution in [-0.4, -0.2) is 53.9 Å². The highest BCUT2D eigenvalue weighted by molar-refractivity contribution is 5.92. The van der Waals surface area contributed by atoms with Crippen molar-refractivity contribution in [3.05, 3.63) is 35.9 Å². The Morgan fingerprint density at radius 3 is 2.61 bits per heavy atom. The van der Waals surface area contributed by atoms with E-state index in [0.717, 1.165) is 5.56 Å². The van der Waals surface area contributed by atoms with Gasteiger partial charge in [-0.15, -0.1) is 0 Å². The number of benzene rings is 1. The monoisotopic (exact) mass is 390 g/mol.